The van der Waals surface area contributed by atoms with Crippen LogP contribution in [0.1, 0.15) is 11.1 Å². The van der Waals surface area contributed by atoms with Gasteiger partial charge in [0.2, 0.25) is 0 Å². The predicted octanol–water partition coefficient (Wildman–Crippen LogP) is 3.98. The van der Waals surface area contributed by atoms with Gasteiger partial charge in [-0.15, -0.1) is 0 Å². The summed E-state index contributed by atoms with van der Waals surface area (Å²) in [5, 5.41) is 4.04. The largest absolute Gasteiger partial charge is 0.358 e. The summed E-state index contributed by atoms with van der Waals surface area (Å²) in [5.41, 5.74) is 2.70. The van der Waals surface area contributed by atoms with E-state index in [0.29, 0.717) is 28.6 Å². The zero-order valence-corrected chi connectivity index (χ0v) is 16.2. The molecule has 5 nitrogen and oxygen atoms in total. The molecule has 0 bridgehead atoms. The Bertz CT molecular complexity index is 1060. The summed E-state index contributed by atoms with van der Waals surface area (Å²) in [4.78, 5) is 17.5. The van der Waals surface area contributed by atoms with Crippen molar-refractivity contribution in [1.82, 2.24) is 14.5 Å². The maximum atomic E-state index is 12.5. The molecule has 2 heterocycles. The molecule has 3 aromatic rings. The Hall–Kier alpha value is -2.41. The second-order valence-electron chi connectivity index (χ2n) is 6.52. The lowest BCUT2D eigenvalue weighted by atomic mass is 10.1. The predicted molar refractivity (Wildman–Crippen MR) is 111 cm³/mol. The third-order valence-electron chi connectivity index (χ3n) is 4.70. The SMILES string of the molecule is O=c1[nH]c(=S)n(-c2ccc(Cl)cc2)c2c1CN(CCc1ccccc1)CN2. The van der Waals surface area contributed by atoms with Crippen LogP contribution < -0.4 is 10.9 Å². The van der Waals surface area contributed by atoms with Crippen LogP contribution in [0.5, 0.6) is 0 Å². The Morgan fingerprint density at radius 1 is 1.07 bits per heavy atom. The summed E-state index contributed by atoms with van der Waals surface area (Å²) >= 11 is 11.4. The Morgan fingerprint density at radius 3 is 2.56 bits per heavy atom. The second-order valence-corrected chi connectivity index (χ2v) is 7.34. The monoisotopic (exact) mass is 398 g/mol. The lowest BCUT2D eigenvalue weighted by Crippen LogP contribution is -2.40. The smallest absolute Gasteiger partial charge is 0.258 e. The summed E-state index contributed by atoms with van der Waals surface area (Å²) < 4.78 is 2.23. The molecule has 2 aromatic carbocycles. The van der Waals surface area contributed by atoms with Crippen molar-refractivity contribution in [3.63, 3.8) is 0 Å². The molecule has 0 saturated carbocycles. The van der Waals surface area contributed by atoms with Gasteiger partial charge in [0.15, 0.2) is 4.77 Å². The summed E-state index contributed by atoms with van der Waals surface area (Å²) in [6, 6.07) is 17.8. The lowest BCUT2D eigenvalue weighted by Gasteiger charge is -2.31. The first-order chi connectivity index (χ1) is 13.1. The zero-order chi connectivity index (χ0) is 18.8. The van der Waals surface area contributed by atoms with E-state index >= 15 is 0 Å². The van der Waals surface area contributed by atoms with Crippen molar-refractivity contribution in [3.05, 3.63) is 85.9 Å². The summed E-state index contributed by atoms with van der Waals surface area (Å²) in [6.07, 6.45) is 0.937. The van der Waals surface area contributed by atoms with Crippen LogP contribution in [0.15, 0.2) is 59.4 Å². The molecule has 1 aliphatic rings. The van der Waals surface area contributed by atoms with Crippen LogP contribution in [0.3, 0.4) is 0 Å². The minimum atomic E-state index is -0.142. The molecule has 4 rings (SSSR count). The number of aromatic nitrogens is 2. The highest BCUT2D eigenvalue weighted by atomic mass is 35.5. The minimum absolute atomic E-state index is 0.142. The number of nitrogens with zero attached hydrogens (tertiary/aromatic N) is 2. The minimum Gasteiger partial charge on any atom is -0.358 e. The molecule has 0 saturated heterocycles. The highest BCUT2D eigenvalue weighted by molar-refractivity contribution is 7.71. The van der Waals surface area contributed by atoms with Crippen molar-refractivity contribution in [2.24, 2.45) is 0 Å². The van der Waals surface area contributed by atoms with Crippen LogP contribution >= 0.6 is 23.8 Å². The average Bonchev–Trinajstić information content (AvgIpc) is 2.69. The van der Waals surface area contributed by atoms with Gasteiger partial charge in [0.1, 0.15) is 5.82 Å². The topological polar surface area (TPSA) is 53.1 Å². The van der Waals surface area contributed by atoms with E-state index < -0.39 is 0 Å². The fourth-order valence-electron chi connectivity index (χ4n) is 3.30. The molecule has 138 valence electrons. The molecule has 0 aliphatic carbocycles. The van der Waals surface area contributed by atoms with E-state index in [4.69, 9.17) is 23.8 Å². The van der Waals surface area contributed by atoms with Gasteiger partial charge < -0.3 is 5.32 Å². The third-order valence-corrected chi connectivity index (χ3v) is 5.24. The van der Waals surface area contributed by atoms with Gasteiger partial charge in [-0.1, -0.05) is 41.9 Å². The molecule has 0 spiro atoms. The van der Waals surface area contributed by atoms with Crippen LogP contribution in [-0.2, 0) is 13.0 Å². The van der Waals surface area contributed by atoms with Gasteiger partial charge in [0, 0.05) is 23.8 Å². The first-order valence-electron chi connectivity index (χ1n) is 8.76. The van der Waals surface area contributed by atoms with Crippen molar-refractivity contribution in [1.29, 1.82) is 0 Å². The Kier molecular flexibility index (Phi) is 5.11. The highest BCUT2D eigenvalue weighted by Gasteiger charge is 2.22. The van der Waals surface area contributed by atoms with E-state index in [1.54, 1.807) is 0 Å². The molecule has 27 heavy (non-hydrogen) atoms. The van der Waals surface area contributed by atoms with Crippen LogP contribution in [0, 0.1) is 4.77 Å². The molecule has 2 N–H and O–H groups in total. The Labute approximate surface area is 167 Å². The van der Waals surface area contributed by atoms with Gasteiger partial charge in [-0.3, -0.25) is 19.2 Å². The average molecular weight is 399 g/mol. The molecule has 0 fully saturated rings. The number of fused-ring (bicyclic) bond motifs is 1. The van der Waals surface area contributed by atoms with E-state index in [-0.39, 0.29) is 5.56 Å². The van der Waals surface area contributed by atoms with E-state index in [2.05, 4.69) is 27.3 Å². The molecular weight excluding hydrogens is 380 g/mol. The van der Waals surface area contributed by atoms with Crippen LogP contribution in [0.4, 0.5) is 5.82 Å². The van der Waals surface area contributed by atoms with Gasteiger partial charge in [-0.05, 0) is 48.5 Å². The molecule has 7 heteroatoms. The van der Waals surface area contributed by atoms with Crippen molar-refractivity contribution in [2.45, 2.75) is 13.0 Å². The normalized spacial score (nSPS) is 13.8. The number of nitrogens with one attached hydrogen (secondary N) is 2. The van der Waals surface area contributed by atoms with Crippen LogP contribution in [-0.4, -0.2) is 27.7 Å². The zero-order valence-electron chi connectivity index (χ0n) is 14.6. The van der Waals surface area contributed by atoms with Crippen LogP contribution in [0.25, 0.3) is 5.69 Å². The van der Waals surface area contributed by atoms with E-state index in [0.717, 1.165) is 24.5 Å². The Morgan fingerprint density at radius 2 is 1.81 bits per heavy atom. The fraction of sp³-hybridized carbons (Fsp3) is 0.200. The number of hydrogen-bond donors (Lipinski definition) is 2. The van der Waals surface area contributed by atoms with Crippen molar-refractivity contribution in [3.8, 4) is 5.69 Å². The highest BCUT2D eigenvalue weighted by Crippen LogP contribution is 2.24. The van der Waals surface area contributed by atoms with Crippen molar-refractivity contribution < 1.29 is 0 Å². The molecule has 0 radical (unpaired) electrons. The van der Waals surface area contributed by atoms with Gasteiger partial charge in [0.25, 0.3) is 5.56 Å². The number of benzene rings is 2. The quantitative estimate of drug-likeness (QED) is 0.653. The molecular formula is C20H19ClN4OS. The van der Waals surface area contributed by atoms with Crippen molar-refractivity contribution >= 4 is 29.6 Å². The van der Waals surface area contributed by atoms with Gasteiger partial charge in [-0.25, -0.2) is 0 Å². The summed E-state index contributed by atoms with van der Waals surface area (Å²) in [7, 11) is 0. The van der Waals surface area contributed by atoms with Crippen molar-refractivity contribution in [2.75, 3.05) is 18.5 Å². The Balaban J connectivity index is 1.62. The third kappa shape index (κ3) is 3.83. The maximum Gasteiger partial charge on any atom is 0.258 e. The standard InChI is InChI=1S/C20H19ClN4OS/c21-15-6-8-16(9-7-15)25-18-17(19(26)23-20(25)27)12-24(13-22-18)11-10-14-4-2-1-3-5-14/h1-9,22H,10-13H2,(H,23,26,27). The van der Waals surface area contributed by atoms with Gasteiger partial charge in [-0.2, -0.15) is 0 Å². The number of halogens is 1. The number of H-pyrrole nitrogens is 1. The first kappa shape index (κ1) is 18.0. The maximum absolute atomic E-state index is 12.5. The number of hydrogen-bond acceptors (Lipinski definition) is 4. The van der Waals surface area contributed by atoms with Crippen LogP contribution in [0.2, 0.25) is 5.02 Å². The first-order valence-corrected chi connectivity index (χ1v) is 9.55. The van der Waals surface area contributed by atoms with Gasteiger partial charge >= 0.3 is 0 Å². The fourth-order valence-corrected chi connectivity index (χ4v) is 3.71. The molecule has 0 atom stereocenters. The molecule has 0 unspecified atom stereocenters. The molecule has 1 aliphatic heterocycles. The lowest BCUT2D eigenvalue weighted by molar-refractivity contribution is 0.276. The number of rotatable bonds is 4. The molecule has 1 aromatic heterocycles. The van der Waals surface area contributed by atoms with E-state index in [1.807, 2.05) is 47.0 Å². The van der Waals surface area contributed by atoms with E-state index in [1.165, 1.54) is 5.56 Å². The summed E-state index contributed by atoms with van der Waals surface area (Å²) in [6.45, 7) is 2.10. The number of anilines is 1. The summed E-state index contributed by atoms with van der Waals surface area (Å²) in [5.74, 6) is 0.752. The van der Waals surface area contributed by atoms with E-state index in [9.17, 15) is 4.79 Å². The molecule has 0 amide bonds. The second kappa shape index (κ2) is 7.68. The van der Waals surface area contributed by atoms with Gasteiger partial charge in [0.05, 0.1) is 12.2 Å². The number of aromatic amines is 1.